The van der Waals surface area contributed by atoms with Crippen LogP contribution in [0.5, 0.6) is 0 Å². The van der Waals surface area contributed by atoms with Gasteiger partial charge < -0.3 is 14.7 Å². The minimum absolute atomic E-state index is 0.108. The number of aromatic nitrogens is 3. The summed E-state index contributed by atoms with van der Waals surface area (Å²) < 4.78 is 5.23. The van der Waals surface area contributed by atoms with E-state index in [1.807, 2.05) is 30.3 Å². The van der Waals surface area contributed by atoms with E-state index in [0.29, 0.717) is 11.2 Å². The molecule has 0 unspecified atom stereocenters. The van der Waals surface area contributed by atoms with Crippen LogP contribution in [0.15, 0.2) is 59.5 Å². The molecule has 2 N–H and O–H groups in total. The lowest BCUT2D eigenvalue weighted by molar-refractivity contribution is 0.0465. The van der Waals surface area contributed by atoms with Crippen molar-refractivity contribution in [3.05, 3.63) is 76.3 Å². The summed E-state index contributed by atoms with van der Waals surface area (Å²) in [6.07, 6.45) is 1.75. The molecule has 24 heavy (non-hydrogen) atoms. The van der Waals surface area contributed by atoms with Crippen molar-refractivity contribution in [1.29, 1.82) is 0 Å². The molecule has 0 radical (unpaired) electrons. The lowest BCUT2D eigenvalue weighted by Gasteiger charge is -2.05. The molecule has 0 saturated heterocycles. The maximum atomic E-state index is 12.1. The van der Waals surface area contributed by atoms with E-state index < -0.39 is 5.97 Å². The molecule has 0 aliphatic rings. The average Bonchev–Trinajstić information content (AvgIpc) is 3.07. The number of hydrogen-bond acceptors (Lipinski definition) is 4. The number of hydrogen-bond donors (Lipinski definition) is 2. The molecule has 118 valence electrons. The molecule has 0 aliphatic carbocycles. The topological polar surface area (TPSA) is 87.8 Å². The van der Waals surface area contributed by atoms with Gasteiger partial charge in [-0.3, -0.25) is 4.79 Å². The average molecular weight is 319 g/mol. The van der Waals surface area contributed by atoms with E-state index in [1.54, 1.807) is 24.4 Å². The summed E-state index contributed by atoms with van der Waals surface area (Å²) >= 11 is 0. The maximum absolute atomic E-state index is 12.1. The van der Waals surface area contributed by atoms with Crippen LogP contribution in [0.3, 0.4) is 0 Å². The van der Waals surface area contributed by atoms with Gasteiger partial charge in [0.2, 0.25) is 0 Å². The number of esters is 1. The Morgan fingerprint density at radius 1 is 1.08 bits per heavy atom. The highest BCUT2D eigenvalue weighted by Gasteiger charge is 2.12. The number of nitrogens with zero attached hydrogens (tertiary/aromatic N) is 1. The fraction of sp³-hybridized carbons (Fsp3) is 0.0556. The zero-order valence-corrected chi connectivity index (χ0v) is 12.6. The van der Waals surface area contributed by atoms with Crippen LogP contribution < -0.4 is 5.56 Å². The van der Waals surface area contributed by atoms with Crippen LogP contribution in [0.25, 0.3) is 21.9 Å². The van der Waals surface area contributed by atoms with E-state index in [2.05, 4.69) is 15.0 Å². The van der Waals surface area contributed by atoms with E-state index in [0.717, 1.165) is 16.3 Å². The molecule has 3 heterocycles. The molecule has 6 nitrogen and oxygen atoms in total. The SMILES string of the molecule is O=C(OCc1cc2ccccc2[nH]c1=O)c1ccc2cc[nH]c2n1. The molecular formula is C18H13N3O3. The van der Waals surface area contributed by atoms with Gasteiger partial charge >= 0.3 is 5.97 Å². The number of para-hydroxylation sites is 1. The summed E-state index contributed by atoms with van der Waals surface area (Å²) in [5.41, 5.74) is 1.68. The van der Waals surface area contributed by atoms with Crippen LogP contribution in [0.2, 0.25) is 0 Å². The number of rotatable bonds is 3. The Morgan fingerprint density at radius 2 is 1.96 bits per heavy atom. The zero-order valence-electron chi connectivity index (χ0n) is 12.6. The first-order chi connectivity index (χ1) is 11.7. The largest absolute Gasteiger partial charge is 0.456 e. The van der Waals surface area contributed by atoms with Crippen LogP contribution in [-0.2, 0) is 11.3 Å². The first-order valence-electron chi connectivity index (χ1n) is 7.43. The fourth-order valence-corrected chi connectivity index (χ4v) is 2.56. The number of carbonyl (C=O) groups is 1. The molecule has 0 bridgehead atoms. The van der Waals surface area contributed by atoms with Crippen LogP contribution in [0, 0.1) is 0 Å². The van der Waals surface area contributed by atoms with Crippen molar-refractivity contribution >= 4 is 27.9 Å². The monoisotopic (exact) mass is 319 g/mol. The molecule has 6 heteroatoms. The van der Waals surface area contributed by atoms with Crippen molar-refractivity contribution in [3.8, 4) is 0 Å². The van der Waals surface area contributed by atoms with Gasteiger partial charge in [0.25, 0.3) is 5.56 Å². The highest BCUT2D eigenvalue weighted by atomic mass is 16.5. The van der Waals surface area contributed by atoms with Gasteiger partial charge in [-0.1, -0.05) is 18.2 Å². The third-order valence-electron chi connectivity index (χ3n) is 3.81. The van der Waals surface area contributed by atoms with Gasteiger partial charge in [0.15, 0.2) is 5.69 Å². The highest BCUT2D eigenvalue weighted by Crippen LogP contribution is 2.13. The Balaban J connectivity index is 1.56. The first-order valence-corrected chi connectivity index (χ1v) is 7.43. The molecule has 4 rings (SSSR count). The van der Waals surface area contributed by atoms with E-state index >= 15 is 0 Å². The number of carbonyl (C=O) groups excluding carboxylic acids is 1. The molecule has 3 aromatic heterocycles. The van der Waals surface area contributed by atoms with Gasteiger partial charge in [-0.15, -0.1) is 0 Å². The molecular weight excluding hydrogens is 306 g/mol. The molecule has 0 fully saturated rings. The summed E-state index contributed by atoms with van der Waals surface area (Å²) in [7, 11) is 0. The number of aromatic amines is 2. The molecule has 0 aliphatic heterocycles. The summed E-state index contributed by atoms with van der Waals surface area (Å²) in [6.45, 7) is -0.108. The van der Waals surface area contributed by atoms with Gasteiger partial charge in [0.05, 0.1) is 5.56 Å². The van der Waals surface area contributed by atoms with Crippen molar-refractivity contribution in [2.75, 3.05) is 0 Å². The maximum Gasteiger partial charge on any atom is 0.357 e. The van der Waals surface area contributed by atoms with Crippen molar-refractivity contribution < 1.29 is 9.53 Å². The summed E-state index contributed by atoms with van der Waals surface area (Å²) in [5.74, 6) is -0.570. The molecule has 0 saturated carbocycles. The molecule has 0 atom stereocenters. The number of H-pyrrole nitrogens is 2. The third-order valence-corrected chi connectivity index (χ3v) is 3.81. The second-order valence-electron chi connectivity index (χ2n) is 5.40. The Labute approximate surface area is 136 Å². The zero-order chi connectivity index (χ0) is 16.5. The quantitative estimate of drug-likeness (QED) is 0.568. The van der Waals surface area contributed by atoms with E-state index in [-0.39, 0.29) is 17.9 Å². The minimum Gasteiger partial charge on any atom is -0.456 e. The second kappa shape index (κ2) is 5.66. The Kier molecular flexibility index (Phi) is 3.35. The van der Waals surface area contributed by atoms with Crippen molar-refractivity contribution in [2.24, 2.45) is 0 Å². The van der Waals surface area contributed by atoms with Gasteiger partial charge in [-0.05, 0) is 35.7 Å². The number of nitrogens with one attached hydrogen (secondary N) is 2. The van der Waals surface area contributed by atoms with Gasteiger partial charge in [0.1, 0.15) is 12.3 Å². The first kappa shape index (κ1) is 14.2. The summed E-state index contributed by atoms with van der Waals surface area (Å²) in [5, 5.41) is 1.80. The highest BCUT2D eigenvalue weighted by molar-refractivity contribution is 5.90. The molecule has 0 spiro atoms. The van der Waals surface area contributed by atoms with Crippen molar-refractivity contribution in [1.82, 2.24) is 15.0 Å². The van der Waals surface area contributed by atoms with E-state index in [1.165, 1.54) is 0 Å². The van der Waals surface area contributed by atoms with Gasteiger partial charge in [0, 0.05) is 17.1 Å². The predicted molar refractivity (Wildman–Crippen MR) is 89.8 cm³/mol. The lowest BCUT2D eigenvalue weighted by Crippen LogP contribution is -2.16. The van der Waals surface area contributed by atoms with Crippen molar-refractivity contribution in [2.45, 2.75) is 6.61 Å². The minimum atomic E-state index is -0.570. The Bertz CT molecular complexity index is 1110. The summed E-state index contributed by atoms with van der Waals surface area (Å²) in [6, 6.07) is 14.4. The standard InChI is InChI=1S/C18H13N3O3/c22-17-13(9-12-3-1-2-4-14(12)21-17)10-24-18(23)15-6-5-11-7-8-19-16(11)20-15/h1-9H,10H2,(H,19,20)(H,21,22). The van der Waals surface area contributed by atoms with E-state index in [4.69, 9.17) is 4.74 Å². The predicted octanol–water partition coefficient (Wildman–Crippen LogP) is 2.76. The van der Waals surface area contributed by atoms with Crippen molar-refractivity contribution in [3.63, 3.8) is 0 Å². The van der Waals surface area contributed by atoms with Gasteiger partial charge in [-0.25, -0.2) is 9.78 Å². The van der Waals surface area contributed by atoms with Crippen LogP contribution in [0.1, 0.15) is 16.1 Å². The van der Waals surface area contributed by atoms with Crippen LogP contribution >= 0.6 is 0 Å². The Morgan fingerprint density at radius 3 is 2.88 bits per heavy atom. The summed E-state index contributed by atoms with van der Waals surface area (Å²) in [4.78, 5) is 34.1. The molecule has 0 amide bonds. The van der Waals surface area contributed by atoms with Crippen LogP contribution in [0.4, 0.5) is 0 Å². The lowest BCUT2D eigenvalue weighted by atomic mass is 10.1. The number of pyridine rings is 2. The normalized spacial score (nSPS) is 11.0. The number of ether oxygens (including phenoxy) is 1. The smallest absolute Gasteiger partial charge is 0.357 e. The second-order valence-corrected chi connectivity index (χ2v) is 5.40. The Hall–Kier alpha value is -3.41. The number of fused-ring (bicyclic) bond motifs is 2. The number of benzene rings is 1. The fourth-order valence-electron chi connectivity index (χ4n) is 2.56. The van der Waals surface area contributed by atoms with Gasteiger partial charge in [-0.2, -0.15) is 0 Å². The molecule has 1 aromatic carbocycles. The molecule has 4 aromatic rings. The third kappa shape index (κ3) is 2.54. The van der Waals surface area contributed by atoms with E-state index in [9.17, 15) is 9.59 Å². The van der Waals surface area contributed by atoms with Crippen LogP contribution in [-0.4, -0.2) is 20.9 Å².